The Labute approximate surface area is 119 Å². The number of amides is 1. The van der Waals surface area contributed by atoms with Crippen molar-refractivity contribution >= 4 is 15.9 Å². The number of hydrogen-bond acceptors (Lipinski definition) is 4. The molecule has 1 aromatic heterocycles. The van der Waals surface area contributed by atoms with Crippen LogP contribution in [0.15, 0.2) is 21.6 Å². The first-order valence-corrected chi connectivity index (χ1v) is 8.25. The van der Waals surface area contributed by atoms with Crippen molar-refractivity contribution in [1.29, 1.82) is 0 Å². The number of rotatable bonds is 4. The van der Waals surface area contributed by atoms with Gasteiger partial charge in [-0.2, -0.15) is 0 Å². The van der Waals surface area contributed by atoms with E-state index in [4.69, 9.17) is 4.42 Å². The van der Waals surface area contributed by atoms with Crippen LogP contribution in [0, 0.1) is 5.92 Å². The molecule has 1 heterocycles. The predicted octanol–water partition coefficient (Wildman–Crippen LogP) is 1.50. The molecule has 2 rings (SSSR count). The highest BCUT2D eigenvalue weighted by molar-refractivity contribution is 7.89. The molecular weight excluding hydrogens is 280 g/mol. The minimum Gasteiger partial charge on any atom is -0.438 e. The number of sulfonamides is 1. The van der Waals surface area contributed by atoms with Gasteiger partial charge in [0.15, 0.2) is 5.76 Å². The van der Waals surface area contributed by atoms with Gasteiger partial charge in [0.25, 0.3) is 15.9 Å². The third kappa shape index (κ3) is 3.40. The molecule has 0 atom stereocenters. The Morgan fingerprint density at radius 2 is 1.90 bits per heavy atom. The van der Waals surface area contributed by atoms with Gasteiger partial charge >= 0.3 is 0 Å². The minimum absolute atomic E-state index is 0.0254. The molecule has 1 fully saturated rings. The Kier molecular flexibility index (Phi) is 4.49. The second-order valence-electron chi connectivity index (χ2n) is 5.26. The van der Waals surface area contributed by atoms with Gasteiger partial charge in [0.2, 0.25) is 5.09 Å². The number of hydrogen-bond donors (Lipinski definition) is 2. The van der Waals surface area contributed by atoms with Gasteiger partial charge in [-0.05, 0) is 50.8 Å². The van der Waals surface area contributed by atoms with Crippen molar-refractivity contribution in [3.8, 4) is 0 Å². The van der Waals surface area contributed by atoms with Crippen LogP contribution in [-0.4, -0.2) is 27.4 Å². The van der Waals surface area contributed by atoms with Crippen LogP contribution in [0.2, 0.25) is 0 Å². The summed E-state index contributed by atoms with van der Waals surface area (Å²) in [6.07, 6.45) is 4.11. The molecule has 20 heavy (non-hydrogen) atoms. The smallest absolute Gasteiger partial charge is 0.287 e. The molecule has 0 spiro atoms. The second kappa shape index (κ2) is 5.97. The topological polar surface area (TPSA) is 88.4 Å². The van der Waals surface area contributed by atoms with Crippen molar-refractivity contribution in [2.75, 3.05) is 7.05 Å². The van der Waals surface area contributed by atoms with Gasteiger partial charge < -0.3 is 9.73 Å². The third-order valence-electron chi connectivity index (χ3n) is 3.69. The summed E-state index contributed by atoms with van der Waals surface area (Å²) in [6, 6.07) is 2.81. The summed E-state index contributed by atoms with van der Waals surface area (Å²) in [6.45, 7) is 2.21. The zero-order chi connectivity index (χ0) is 14.8. The van der Waals surface area contributed by atoms with E-state index in [0.29, 0.717) is 5.92 Å². The predicted molar refractivity (Wildman–Crippen MR) is 73.8 cm³/mol. The Morgan fingerprint density at radius 3 is 2.50 bits per heavy atom. The highest BCUT2D eigenvalue weighted by atomic mass is 32.2. The lowest BCUT2D eigenvalue weighted by molar-refractivity contribution is 0.0889. The maximum absolute atomic E-state index is 12.0. The van der Waals surface area contributed by atoms with Crippen molar-refractivity contribution in [2.24, 2.45) is 5.92 Å². The average molecular weight is 300 g/mol. The lowest BCUT2D eigenvalue weighted by atomic mass is 9.87. The molecule has 1 aromatic rings. The Balaban J connectivity index is 2.00. The maximum Gasteiger partial charge on any atom is 0.287 e. The number of carbonyl (C=O) groups is 1. The summed E-state index contributed by atoms with van der Waals surface area (Å²) >= 11 is 0. The Bertz CT molecular complexity index is 571. The van der Waals surface area contributed by atoms with Crippen LogP contribution in [0.4, 0.5) is 0 Å². The molecule has 0 radical (unpaired) electrons. The zero-order valence-electron chi connectivity index (χ0n) is 11.7. The highest BCUT2D eigenvalue weighted by Crippen LogP contribution is 2.24. The van der Waals surface area contributed by atoms with E-state index in [2.05, 4.69) is 17.0 Å². The van der Waals surface area contributed by atoms with E-state index in [9.17, 15) is 13.2 Å². The zero-order valence-corrected chi connectivity index (χ0v) is 12.5. The minimum atomic E-state index is -3.65. The highest BCUT2D eigenvalue weighted by Gasteiger charge is 2.23. The molecule has 0 aromatic carbocycles. The van der Waals surface area contributed by atoms with Gasteiger partial charge in [-0.15, -0.1) is 0 Å². The van der Waals surface area contributed by atoms with Crippen LogP contribution in [0.25, 0.3) is 0 Å². The molecule has 7 heteroatoms. The van der Waals surface area contributed by atoms with Gasteiger partial charge in [0.1, 0.15) is 0 Å². The molecular formula is C13H20N2O4S. The lowest BCUT2D eigenvalue weighted by Crippen LogP contribution is -2.37. The standard InChI is InChI=1S/C13H20N2O4S/c1-9-3-5-10(6-4-9)15-13(16)11-7-8-12(19-11)20(17,18)14-2/h7-10,14H,3-6H2,1-2H3,(H,15,16). The average Bonchev–Trinajstić information content (AvgIpc) is 2.92. The molecule has 0 bridgehead atoms. The second-order valence-corrected chi connectivity index (χ2v) is 7.07. The number of carbonyl (C=O) groups excluding carboxylic acids is 1. The van der Waals surface area contributed by atoms with Crippen molar-refractivity contribution in [1.82, 2.24) is 10.0 Å². The van der Waals surface area contributed by atoms with Gasteiger partial charge in [0.05, 0.1) is 0 Å². The summed E-state index contributed by atoms with van der Waals surface area (Å²) in [4.78, 5) is 12.0. The lowest BCUT2D eigenvalue weighted by Gasteiger charge is -2.26. The molecule has 0 aliphatic heterocycles. The molecule has 2 N–H and O–H groups in total. The van der Waals surface area contributed by atoms with Gasteiger partial charge in [-0.3, -0.25) is 4.79 Å². The fraction of sp³-hybridized carbons (Fsp3) is 0.615. The van der Waals surface area contributed by atoms with E-state index in [1.54, 1.807) is 0 Å². The molecule has 6 nitrogen and oxygen atoms in total. The van der Waals surface area contributed by atoms with Crippen LogP contribution in [0.5, 0.6) is 0 Å². The molecule has 1 saturated carbocycles. The van der Waals surface area contributed by atoms with E-state index >= 15 is 0 Å². The van der Waals surface area contributed by atoms with Gasteiger partial charge in [-0.25, -0.2) is 13.1 Å². The maximum atomic E-state index is 12.0. The molecule has 0 unspecified atom stereocenters. The number of furan rings is 1. The fourth-order valence-electron chi connectivity index (χ4n) is 2.35. The van der Waals surface area contributed by atoms with Crippen molar-refractivity contribution in [2.45, 2.75) is 43.7 Å². The summed E-state index contributed by atoms with van der Waals surface area (Å²) < 4.78 is 30.3. The molecule has 112 valence electrons. The Morgan fingerprint density at radius 1 is 1.25 bits per heavy atom. The molecule has 1 aliphatic carbocycles. The quantitative estimate of drug-likeness (QED) is 0.882. The van der Waals surface area contributed by atoms with Crippen molar-refractivity contribution in [3.05, 3.63) is 17.9 Å². The normalized spacial score (nSPS) is 23.5. The van der Waals surface area contributed by atoms with Crippen LogP contribution < -0.4 is 10.0 Å². The Hall–Kier alpha value is -1.34. The fourth-order valence-corrected chi connectivity index (χ4v) is 3.00. The third-order valence-corrected chi connectivity index (χ3v) is 4.98. The summed E-state index contributed by atoms with van der Waals surface area (Å²) in [5.41, 5.74) is 0. The largest absolute Gasteiger partial charge is 0.438 e. The molecule has 0 saturated heterocycles. The number of nitrogens with one attached hydrogen (secondary N) is 2. The van der Waals surface area contributed by atoms with Gasteiger partial charge in [0, 0.05) is 6.04 Å². The van der Waals surface area contributed by atoms with Crippen LogP contribution in [0.3, 0.4) is 0 Å². The monoisotopic (exact) mass is 300 g/mol. The molecule has 1 amide bonds. The van der Waals surface area contributed by atoms with E-state index < -0.39 is 10.0 Å². The molecule has 1 aliphatic rings. The SMILES string of the molecule is CNS(=O)(=O)c1ccc(C(=O)NC2CCC(C)CC2)o1. The first-order valence-electron chi connectivity index (χ1n) is 6.76. The van der Waals surface area contributed by atoms with E-state index in [0.717, 1.165) is 25.7 Å². The first-order chi connectivity index (χ1) is 9.42. The summed E-state index contributed by atoms with van der Waals surface area (Å²) in [5.74, 6) is 0.374. The van der Waals surface area contributed by atoms with E-state index in [1.807, 2.05) is 0 Å². The van der Waals surface area contributed by atoms with E-state index in [-0.39, 0.29) is 22.8 Å². The van der Waals surface area contributed by atoms with Crippen molar-refractivity contribution < 1.29 is 17.6 Å². The van der Waals surface area contributed by atoms with Crippen LogP contribution >= 0.6 is 0 Å². The summed E-state index contributed by atoms with van der Waals surface area (Å²) in [7, 11) is -2.36. The first kappa shape index (κ1) is 15.1. The van der Waals surface area contributed by atoms with Gasteiger partial charge in [-0.1, -0.05) is 6.92 Å². The van der Waals surface area contributed by atoms with E-state index in [1.165, 1.54) is 19.2 Å². The summed E-state index contributed by atoms with van der Waals surface area (Å²) in [5, 5.41) is 2.64. The van der Waals surface area contributed by atoms with Crippen LogP contribution in [-0.2, 0) is 10.0 Å². The van der Waals surface area contributed by atoms with Crippen LogP contribution in [0.1, 0.15) is 43.2 Å². The van der Waals surface area contributed by atoms with Crippen molar-refractivity contribution in [3.63, 3.8) is 0 Å².